The number of rotatable bonds is 9. The second kappa shape index (κ2) is 7.44. The van der Waals surface area contributed by atoms with Gasteiger partial charge in [-0.2, -0.15) is 0 Å². The fourth-order valence-corrected chi connectivity index (χ4v) is 3.38. The fraction of sp³-hybridized carbons (Fsp3) is 1.00. The standard InChI is InChI=1S/C17H34/c1-5-13-17(4,6-2)14-9-7-8-10-16-12-11-15(16)3/h15-16H,5-14H2,1-4H3. The third kappa shape index (κ3) is 5.02. The van der Waals surface area contributed by atoms with Gasteiger partial charge in [0.2, 0.25) is 0 Å². The number of unbranched alkanes of at least 4 members (excludes halogenated alkanes) is 2. The van der Waals surface area contributed by atoms with Crippen molar-refractivity contribution in [3.8, 4) is 0 Å². The fourth-order valence-electron chi connectivity index (χ4n) is 3.38. The molecule has 0 saturated heterocycles. The predicted octanol–water partition coefficient (Wildman–Crippen LogP) is 6.20. The Labute approximate surface area is 110 Å². The van der Waals surface area contributed by atoms with Crippen molar-refractivity contribution in [2.45, 2.75) is 91.9 Å². The Hall–Kier alpha value is 0. The molecule has 1 saturated carbocycles. The molecule has 1 fully saturated rings. The summed E-state index contributed by atoms with van der Waals surface area (Å²) in [7, 11) is 0. The van der Waals surface area contributed by atoms with Crippen molar-refractivity contribution in [1.82, 2.24) is 0 Å². The summed E-state index contributed by atoms with van der Waals surface area (Å²) < 4.78 is 0. The van der Waals surface area contributed by atoms with E-state index >= 15 is 0 Å². The molecule has 0 aromatic carbocycles. The van der Waals surface area contributed by atoms with E-state index in [0.29, 0.717) is 5.41 Å². The van der Waals surface area contributed by atoms with Crippen LogP contribution in [0, 0.1) is 17.3 Å². The Morgan fingerprint density at radius 1 is 1.00 bits per heavy atom. The summed E-state index contributed by atoms with van der Waals surface area (Å²) in [5.41, 5.74) is 0.637. The van der Waals surface area contributed by atoms with E-state index in [4.69, 9.17) is 0 Å². The van der Waals surface area contributed by atoms with Gasteiger partial charge in [-0.25, -0.2) is 0 Å². The van der Waals surface area contributed by atoms with Crippen molar-refractivity contribution in [3.63, 3.8) is 0 Å². The van der Waals surface area contributed by atoms with E-state index < -0.39 is 0 Å². The first kappa shape index (κ1) is 15.1. The molecule has 0 spiro atoms. The van der Waals surface area contributed by atoms with Crippen molar-refractivity contribution >= 4 is 0 Å². The van der Waals surface area contributed by atoms with Crippen LogP contribution in [0.15, 0.2) is 0 Å². The first-order chi connectivity index (χ1) is 8.11. The molecule has 0 aromatic heterocycles. The van der Waals surface area contributed by atoms with Crippen molar-refractivity contribution in [2.24, 2.45) is 17.3 Å². The molecule has 1 aliphatic rings. The van der Waals surface area contributed by atoms with Crippen LogP contribution >= 0.6 is 0 Å². The normalized spacial score (nSPS) is 27.5. The predicted molar refractivity (Wildman–Crippen MR) is 78.3 cm³/mol. The Bertz CT molecular complexity index is 196. The second-order valence-corrected chi connectivity index (χ2v) is 6.83. The van der Waals surface area contributed by atoms with Gasteiger partial charge in [-0.15, -0.1) is 0 Å². The third-order valence-corrected chi connectivity index (χ3v) is 5.36. The highest BCUT2D eigenvalue weighted by Gasteiger charge is 2.25. The van der Waals surface area contributed by atoms with Crippen LogP contribution in [0.2, 0.25) is 0 Å². The minimum atomic E-state index is 0.637. The maximum absolute atomic E-state index is 2.49. The van der Waals surface area contributed by atoms with Crippen LogP contribution in [-0.4, -0.2) is 0 Å². The molecule has 0 N–H and O–H groups in total. The van der Waals surface area contributed by atoms with Crippen molar-refractivity contribution < 1.29 is 0 Å². The largest absolute Gasteiger partial charge is 0.0654 e. The molecule has 0 radical (unpaired) electrons. The minimum Gasteiger partial charge on any atom is -0.0654 e. The molecule has 3 atom stereocenters. The molecule has 3 unspecified atom stereocenters. The van der Waals surface area contributed by atoms with Gasteiger partial charge in [0.05, 0.1) is 0 Å². The van der Waals surface area contributed by atoms with Gasteiger partial charge < -0.3 is 0 Å². The van der Waals surface area contributed by atoms with Gasteiger partial charge in [0, 0.05) is 0 Å². The van der Waals surface area contributed by atoms with Crippen LogP contribution in [0.25, 0.3) is 0 Å². The van der Waals surface area contributed by atoms with Crippen LogP contribution in [0.4, 0.5) is 0 Å². The lowest BCUT2D eigenvalue weighted by atomic mass is 9.72. The summed E-state index contributed by atoms with van der Waals surface area (Å²) in [6, 6.07) is 0. The molecular formula is C17H34. The number of hydrogen-bond acceptors (Lipinski definition) is 0. The molecule has 0 heterocycles. The van der Waals surface area contributed by atoms with Gasteiger partial charge in [-0.1, -0.05) is 72.6 Å². The first-order valence-corrected chi connectivity index (χ1v) is 8.11. The van der Waals surface area contributed by atoms with E-state index in [1.165, 1.54) is 64.2 Å². The number of hydrogen-bond donors (Lipinski definition) is 0. The summed E-state index contributed by atoms with van der Waals surface area (Å²) in [6.07, 6.45) is 14.5. The zero-order valence-corrected chi connectivity index (χ0v) is 12.7. The average Bonchev–Trinajstić information content (AvgIpc) is 2.32. The monoisotopic (exact) mass is 238 g/mol. The summed E-state index contributed by atoms with van der Waals surface area (Å²) in [5.74, 6) is 2.12. The highest BCUT2D eigenvalue weighted by molar-refractivity contribution is 4.77. The van der Waals surface area contributed by atoms with E-state index in [1.807, 2.05) is 0 Å². The van der Waals surface area contributed by atoms with E-state index in [2.05, 4.69) is 27.7 Å². The van der Waals surface area contributed by atoms with Crippen LogP contribution in [-0.2, 0) is 0 Å². The first-order valence-electron chi connectivity index (χ1n) is 8.11. The van der Waals surface area contributed by atoms with Gasteiger partial charge >= 0.3 is 0 Å². The smallest absolute Gasteiger partial charge is 0.0329 e. The molecule has 1 aliphatic carbocycles. The van der Waals surface area contributed by atoms with Crippen molar-refractivity contribution in [2.75, 3.05) is 0 Å². The summed E-state index contributed by atoms with van der Waals surface area (Å²) >= 11 is 0. The van der Waals surface area contributed by atoms with Gasteiger partial charge in [-0.05, 0) is 36.5 Å². The average molecular weight is 238 g/mol. The SMILES string of the molecule is CCCC(C)(CC)CCCCCC1CCC1C. The van der Waals surface area contributed by atoms with Gasteiger partial charge in [0.25, 0.3) is 0 Å². The molecule has 102 valence electrons. The van der Waals surface area contributed by atoms with Gasteiger partial charge in [0.1, 0.15) is 0 Å². The molecular weight excluding hydrogens is 204 g/mol. The van der Waals surface area contributed by atoms with Crippen LogP contribution < -0.4 is 0 Å². The molecule has 0 nitrogen and oxygen atoms in total. The molecule has 0 aromatic rings. The van der Waals surface area contributed by atoms with Crippen molar-refractivity contribution in [3.05, 3.63) is 0 Å². The Balaban J connectivity index is 2.02. The van der Waals surface area contributed by atoms with E-state index in [1.54, 1.807) is 0 Å². The van der Waals surface area contributed by atoms with Gasteiger partial charge in [0.15, 0.2) is 0 Å². The van der Waals surface area contributed by atoms with Crippen LogP contribution in [0.5, 0.6) is 0 Å². The Kier molecular flexibility index (Phi) is 6.59. The summed E-state index contributed by atoms with van der Waals surface area (Å²) in [4.78, 5) is 0. The molecule has 1 rings (SSSR count). The van der Waals surface area contributed by atoms with Crippen LogP contribution in [0.1, 0.15) is 91.9 Å². The van der Waals surface area contributed by atoms with E-state index in [0.717, 1.165) is 11.8 Å². The van der Waals surface area contributed by atoms with Gasteiger partial charge in [-0.3, -0.25) is 0 Å². The summed E-state index contributed by atoms with van der Waals surface area (Å²) in [6.45, 7) is 9.62. The quantitative estimate of drug-likeness (QED) is 0.419. The van der Waals surface area contributed by atoms with Crippen molar-refractivity contribution in [1.29, 1.82) is 0 Å². The zero-order chi connectivity index (χ0) is 12.7. The highest BCUT2D eigenvalue weighted by Crippen LogP contribution is 2.38. The molecule has 17 heavy (non-hydrogen) atoms. The molecule has 0 heteroatoms. The van der Waals surface area contributed by atoms with E-state index in [9.17, 15) is 0 Å². The zero-order valence-electron chi connectivity index (χ0n) is 12.7. The minimum absolute atomic E-state index is 0.637. The molecule has 0 amide bonds. The molecule has 0 bridgehead atoms. The van der Waals surface area contributed by atoms with E-state index in [-0.39, 0.29) is 0 Å². The Morgan fingerprint density at radius 3 is 2.24 bits per heavy atom. The summed E-state index contributed by atoms with van der Waals surface area (Å²) in [5, 5.41) is 0. The lowest BCUT2D eigenvalue weighted by Gasteiger charge is -2.34. The third-order valence-electron chi connectivity index (χ3n) is 5.36. The topological polar surface area (TPSA) is 0 Å². The lowest BCUT2D eigenvalue weighted by Crippen LogP contribution is -2.22. The van der Waals surface area contributed by atoms with Crippen LogP contribution in [0.3, 0.4) is 0 Å². The maximum atomic E-state index is 2.49. The second-order valence-electron chi connectivity index (χ2n) is 6.83. The lowest BCUT2D eigenvalue weighted by molar-refractivity contribution is 0.176. The Morgan fingerprint density at radius 2 is 1.76 bits per heavy atom. The molecule has 0 aliphatic heterocycles. The maximum Gasteiger partial charge on any atom is -0.0329 e. The highest BCUT2D eigenvalue weighted by atomic mass is 14.3.